The van der Waals surface area contributed by atoms with Crippen LogP contribution in [0.1, 0.15) is 54.9 Å². The SMILES string of the molecule is CCCOCCOCC(C)(C)C.COCCOCCOCC(C)(C)C. The van der Waals surface area contributed by atoms with E-state index in [0.29, 0.717) is 26.4 Å². The first-order valence-corrected chi connectivity index (χ1v) is 9.42. The van der Waals surface area contributed by atoms with E-state index in [1.54, 1.807) is 7.11 Å². The van der Waals surface area contributed by atoms with Gasteiger partial charge < -0.3 is 23.7 Å². The zero-order chi connectivity index (χ0) is 19.6. The predicted octanol–water partition coefficient (Wildman–Crippen LogP) is 4.19. The van der Waals surface area contributed by atoms with E-state index in [4.69, 9.17) is 23.7 Å². The van der Waals surface area contributed by atoms with Crippen LogP contribution in [0.15, 0.2) is 0 Å². The van der Waals surface area contributed by atoms with E-state index in [1.165, 1.54) is 0 Å². The van der Waals surface area contributed by atoms with Crippen LogP contribution in [0, 0.1) is 10.8 Å². The van der Waals surface area contributed by atoms with Crippen molar-refractivity contribution in [3.05, 3.63) is 0 Å². The first-order valence-electron chi connectivity index (χ1n) is 9.42. The lowest BCUT2D eigenvalue weighted by Gasteiger charge is -2.17. The zero-order valence-corrected chi connectivity index (χ0v) is 18.1. The second-order valence-corrected chi connectivity index (χ2v) is 8.44. The van der Waals surface area contributed by atoms with E-state index in [0.717, 1.165) is 39.5 Å². The van der Waals surface area contributed by atoms with Crippen LogP contribution in [0.5, 0.6) is 0 Å². The van der Waals surface area contributed by atoms with Crippen molar-refractivity contribution in [2.75, 3.05) is 66.6 Å². The van der Waals surface area contributed by atoms with Gasteiger partial charge in [0.25, 0.3) is 0 Å². The Morgan fingerprint density at radius 1 is 0.520 bits per heavy atom. The molecule has 0 unspecified atom stereocenters. The van der Waals surface area contributed by atoms with E-state index < -0.39 is 0 Å². The average molecular weight is 365 g/mol. The summed E-state index contributed by atoms with van der Waals surface area (Å²) < 4.78 is 26.2. The largest absolute Gasteiger partial charge is 0.382 e. The molecular weight excluding hydrogens is 320 g/mol. The normalized spacial score (nSPS) is 12.0. The first kappa shape index (κ1) is 27.0. The highest BCUT2D eigenvalue weighted by Crippen LogP contribution is 2.12. The summed E-state index contributed by atoms with van der Waals surface area (Å²) in [5.74, 6) is 0. The van der Waals surface area contributed by atoms with Crippen molar-refractivity contribution in [1.29, 1.82) is 0 Å². The molecule has 0 aromatic carbocycles. The molecule has 0 amide bonds. The van der Waals surface area contributed by atoms with Crippen LogP contribution < -0.4 is 0 Å². The van der Waals surface area contributed by atoms with Gasteiger partial charge in [0, 0.05) is 13.7 Å². The number of hydrogen-bond donors (Lipinski definition) is 0. The zero-order valence-electron chi connectivity index (χ0n) is 18.1. The Hall–Kier alpha value is -0.200. The quantitative estimate of drug-likeness (QED) is 0.459. The van der Waals surface area contributed by atoms with Gasteiger partial charge in [-0.3, -0.25) is 0 Å². The lowest BCUT2D eigenvalue weighted by molar-refractivity contribution is 0.00574. The summed E-state index contributed by atoms with van der Waals surface area (Å²) in [6, 6.07) is 0. The summed E-state index contributed by atoms with van der Waals surface area (Å²) in [4.78, 5) is 0. The number of ether oxygens (including phenoxy) is 5. The molecular formula is C20H44O5. The van der Waals surface area contributed by atoms with Crippen LogP contribution >= 0.6 is 0 Å². The van der Waals surface area contributed by atoms with Crippen molar-refractivity contribution in [3.63, 3.8) is 0 Å². The Balaban J connectivity index is 0. The van der Waals surface area contributed by atoms with Crippen molar-refractivity contribution >= 4 is 0 Å². The minimum absolute atomic E-state index is 0.243. The smallest absolute Gasteiger partial charge is 0.0701 e. The van der Waals surface area contributed by atoms with Gasteiger partial charge in [0.1, 0.15) is 0 Å². The third-order valence-corrected chi connectivity index (χ3v) is 2.59. The van der Waals surface area contributed by atoms with Gasteiger partial charge in [-0.25, -0.2) is 0 Å². The van der Waals surface area contributed by atoms with Gasteiger partial charge in [-0.2, -0.15) is 0 Å². The van der Waals surface area contributed by atoms with Crippen molar-refractivity contribution in [2.24, 2.45) is 10.8 Å². The molecule has 0 fully saturated rings. The third kappa shape index (κ3) is 32.0. The molecule has 0 radical (unpaired) electrons. The number of methoxy groups -OCH3 is 1. The highest BCUT2D eigenvalue weighted by molar-refractivity contribution is 4.59. The number of rotatable bonds is 13. The van der Waals surface area contributed by atoms with Crippen molar-refractivity contribution in [3.8, 4) is 0 Å². The van der Waals surface area contributed by atoms with Gasteiger partial charge in [-0.15, -0.1) is 0 Å². The first-order chi connectivity index (χ1) is 11.6. The van der Waals surface area contributed by atoms with Gasteiger partial charge in [-0.05, 0) is 17.3 Å². The molecule has 0 saturated carbocycles. The van der Waals surface area contributed by atoms with Crippen LogP contribution in [-0.2, 0) is 23.7 Å². The average Bonchev–Trinajstić information content (AvgIpc) is 2.48. The molecule has 0 aliphatic heterocycles. The Labute approximate surface area is 156 Å². The lowest BCUT2D eigenvalue weighted by Crippen LogP contribution is -2.17. The molecule has 0 bridgehead atoms. The fraction of sp³-hybridized carbons (Fsp3) is 1.00. The Morgan fingerprint density at radius 2 is 0.880 bits per heavy atom. The molecule has 0 aromatic heterocycles. The van der Waals surface area contributed by atoms with Crippen LogP contribution in [0.4, 0.5) is 0 Å². The second-order valence-electron chi connectivity index (χ2n) is 8.44. The van der Waals surface area contributed by atoms with Crippen molar-refractivity contribution in [1.82, 2.24) is 0 Å². The summed E-state index contributed by atoms with van der Waals surface area (Å²) in [6.07, 6.45) is 1.08. The summed E-state index contributed by atoms with van der Waals surface area (Å²) in [6.45, 7) is 21.6. The highest BCUT2D eigenvalue weighted by atomic mass is 16.5. The summed E-state index contributed by atoms with van der Waals surface area (Å²) in [5.41, 5.74) is 0.511. The second kappa shape index (κ2) is 17.2. The fourth-order valence-electron chi connectivity index (χ4n) is 1.48. The Kier molecular flexibility index (Phi) is 18.6. The van der Waals surface area contributed by atoms with Gasteiger partial charge in [0.05, 0.1) is 52.9 Å². The molecule has 154 valence electrons. The molecule has 5 nitrogen and oxygen atoms in total. The van der Waals surface area contributed by atoms with Crippen LogP contribution in [0.25, 0.3) is 0 Å². The van der Waals surface area contributed by atoms with Crippen molar-refractivity contribution < 1.29 is 23.7 Å². The Bertz CT molecular complexity index is 256. The van der Waals surface area contributed by atoms with E-state index in [9.17, 15) is 0 Å². The van der Waals surface area contributed by atoms with Gasteiger partial charge in [0.2, 0.25) is 0 Å². The van der Waals surface area contributed by atoms with Gasteiger partial charge >= 0.3 is 0 Å². The molecule has 0 spiro atoms. The monoisotopic (exact) mass is 364 g/mol. The molecule has 0 saturated heterocycles. The summed E-state index contributed by atoms with van der Waals surface area (Å²) >= 11 is 0. The van der Waals surface area contributed by atoms with E-state index in [1.807, 2.05) is 0 Å². The highest BCUT2D eigenvalue weighted by Gasteiger charge is 2.09. The predicted molar refractivity (Wildman–Crippen MR) is 104 cm³/mol. The molecule has 0 heterocycles. The molecule has 25 heavy (non-hydrogen) atoms. The van der Waals surface area contributed by atoms with Crippen molar-refractivity contribution in [2.45, 2.75) is 54.9 Å². The van der Waals surface area contributed by atoms with E-state index in [-0.39, 0.29) is 10.8 Å². The van der Waals surface area contributed by atoms with Crippen LogP contribution in [-0.4, -0.2) is 66.6 Å². The van der Waals surface area contributed by atoms with Crippen LogP contribution in [0.3, 0.4) is 0 Å². The molecule has 0 rings (SSSR count). The lowest BCUT2D eigenvalue weighted by atomic mass is 9.99. The molecule has 5 heteroatoms. The maximum atomic E-state index is 5.42. The third-order valence-electron chi connectivity index (χ3n) is 2.59. The molecule has 0 aromatic rings. The summed E-state index contributed by atoms with van der Waals surface area (Å²) in [5, 5.41) is 0. The maximum absolute atomic E-state index is 5.42. The minimum Gasteiger partial charge on any atom is -0.382 e. The standard InChI is InChI=1S/C10H22O3.C10H22O2/c1-10(2,3)9-13-8-7-12-6-5-11-4;1-5-6-11-7-8-12-9-10(2,3)4/h5-9H2,1-4H3;5-9H2,1-4H3. The molecule has 0 aliphatic rings. The molecule has 0 aliphatic carbocycles. The van der Waals surface area contributed by atoms with E-state index >= 15 is 0 Å². The summed E-state index contributed by atoms with van der Waals surface area (Å²) in [7, 11) is 1.67. The molecule has 0 atom stereocenters. The minimum atomic E-state index is 0.243. The topological polar surface area (TPSA) is 46.2 Å². The van der Waals surface area contributed by atoms with Crippen LogP contribution in [0.2, 0.25) is 0 Å². The van der Waals surface area contributed by atoms with E-state index in [2.05, 4.69) is 48.5 Å². The maximum Gasteiger partial charge on any atom is 0.0701 e. The van der Waals surface area contributed by atoms with Gasteiger partial charge in [-0.1, -0.05) is 48.5 Å². The number of hydrogen-bond acceptors (Lipinski definition) is 5. The van der Waals surface area contributed by atoms with Gasteiger partial charge in [0.15, 0.2) is 0 Å². The fourth-order valence-corrected chi connectivity index (χ4v) is 1.48. The molecule has 0 N–H and O–H groups in total. The Morgan fingerprint density at radius 3 is 1.24 bits per heavy atom.